The molecule has 3 aromatic heterocycles. The van der Waals surface area contributed by atoms with E-state index in [9.17, 15) is 13.6 Å². The number of nitrogens with zero attached hydrogens (tertiary/aromatic N) is 4. The quantitative estimate of drug-likeness (QED) is 0.308. The first kappa shape index (κ1) is 24.5. The number of pyridine rings is 1. The molecule has 2 aliphatic rings. The van der Waals surface area contributed by atoms with Gasteiger partial charge in [-0.05, 0) is 55.9 Å². The van der Waals surface area contributed by atoms with Gasteiger partial charge >= 0.3 is 0 Å². The highest BCUT2D eigenvalue weighted by atomic mass is 19.3. The fraction of sp³-hybridized carbons (Fsp3) is 0.500. The molecule has 3 heterocycles. The molecule has 0 unspecified atom stereocenters. The molecule has 0 bridgehead atoms. The van der Waals surface area contributed by atoms with Crippen molar-refractivity contribution in [2.45, 2.75) is 83.1 Å². The standard InChI is InChI=1S/C28H33F2N5O/c1-18(23-16-31-27(33-19(23)2)34-22-9-12-28(29,30)13-10-22)21-11-14-35-25(15-21)24(17-32-35)26(36)20-7-5-3-4-6-8-20/h11,14-17,20,22H,1,3-10,12-13H2,2H3,(H,31,33,34). The van der Waals surface area contributed by atoms with Gasteiger partial charge in [0.15, 0.2) is 5.78 Å². The maximum absolute atomic E-state index is 13.4. The van der Waals surface area contributed by atoms with Crippen LogP contribution >= 0.6 is 0 Å². The Morgan fingerprint density at radius 3 is 2.50 bits per heavy atom. The lowest BCUT2D eigenvalue weighted by Crippen LogP contribution is -2.32. The molecule has 36 heavy (non-hydrogen) atoms. The summed E-state index contributed by atoms with van der Waals surface area (Å²) < 4.78 is 28.6. The van der Waals surface area contributed by atoms with Crippen molar-refractivity contribution in [3.8, 4) is 0 Å². The number of ketones is 1. The van der Waals surface area contributed by atoms with Crippen LogP contribution in [-0.4, -0.2) is 37.3 Å². The second-order valence-corrected chi connectivity index (χ2v) is 10.3. The first-order valence-electron chi connectivity index (χ1n) is 13.0. The minimum atomic E-state index is -2.56. The van der Waals surface area contributed by atoms with Crippen LogP contribution in [0.4, 0.5) is 14.7 Å². The molecule has 5 rings (SSSR count). The van der Waals surface area contributed by atoms with E-state index >= 15 is 0 Å². The number of halogens is 2. The molecule has 6 nitrogen and oxygen atoms in total. The Morgan fingerprint density at radius 2 is 1.81 bits per heavy atom. The predicted molar refractivity (Wildman–Crippen MR) is 136 cm³/mol. The van der Waals surface area contributed by atoms with Crippen LogP contribution in [0.1, 0.15) is 91.4 Å². The van der Waals surface area contributed by atoms with Crippen LogP contribution in [0.2, 0.25) is 0 Å². The van der Waals surface area contributed by atoms with Crippen LogP contribution in [0.25, 0.3) is 11.1 Å². The number of Topliss-reactive ketones (excluding diaryl/α,β-unsaturated/α-hetero) is 1. The number of anilines is 1. The van der Waals surface area contributed by atoms with Crippen molar-refractivity contribution in [2.75, 3.05) is 5.32 Å². The smallest absolute Gasteiger partial charge is 0.248 e. The molecule has 2 aliphatic carbocycles. The van der Waals surface area contributed by atoms with Crippen LogP contribution in [0.3, 0.4) is 0 Å². The summed E-state index contributed by atoms with van der Waals surface area (Å²) in [5.41, 5.74) is 4.64. The highest BCUT2D eigenvalue weighted by Gasteiger charge is 2.35. The number of hydrogen-bond donors (Lipinski definition) is 1. The molecule has 0 atom stereocenters. The van der Waals surface area contributed by atoms with Gasteiger partial charge in [-0.2, -0.15) is 5.10 Å². The third-order valence-electron chi connectivity index (χ3n) is 7.72. The van der Waals surface area contributed by atoms with Gasteiger partial charge in [0, 0.05) is 42.8 Å². The van der Waals surface area contributed by atoms with Crippen LogP contribution in [0.5, 0.6) is 0 Å². The van der Waals surface area contributed by atoms with Crippen molar-refractivity contribution in [2.24, 2.45) is 5.92 Å². The molecule has 0 aliphatic heterocycles. The topological polar surface area (TPSA) is 72.2 Å². The Balaban J connectivity index is 1.34. The van der Waals surface area contributed by atoms with Gasteiger partial charge in [0.2, 0.25) is 11.9 Å². The average Bonchev–Trinajstić information content (AvgIpc) is 3.09. The predicted octanol–water partition coefficient (Wildman–Crippen LogP) is 6.64. The van der Waals surface area contributed by atoms with E-state index in [2.05, 4.69) is 27.0 Å². The zero-order valence-electron chi connectivity index (χ0n) is 20.8. The number of aryl methyl sites for hydroxylation is 1. The van der Waals surface area contributed by atoms with Crippen molar-refractivity contribution in [3.05, 3.63) is 59.7 Å². The van der Waals surface area contributed by atoms with E-state index in [0.29, 0.717) is 24.4 Å². The van der Waals surface area contributed by atoms with Gasteiger partial charge in [0.05, 0.1) is 23.0 Å². The lowest BCUT2D eigenvalue weighted by atomic mass is 9.91. The Kier molecular flexibility index (Phi) is 6.86. The number of aromatic nitrogens is 4. The normalized spacial score (nSPS) is 19.2. The molecular formula is C28H33F2N5O. The monoisotopic (exact) mass is 493 g/mol. The van der Waals surface area contributed by atoms with Crippen LogP contribution in [0.15, 0.2) is 37.3 Å². The van der Waals surface area contributed by atoms with Gasteiger partial charge in [-0.3, -0.25) is 4.79 Å². The summed E-state index contributed by atoms with van der Waals surface area (Å²) in [5.74, 6) is -1.86. The zero-order chi connectivity index (χ0) is 25.3. The Labute approximate surface area is 210 Å². The van der Waals surface area contributed by atoms with E-state index in [0.717, 1.165) is 53.6 Å². The maximum atomic E-state index is 13.4. The number of fused-ring (bicyclic) bond motifs is 1. The molecule has 3 aromatic rings. The van der Waals surface area contributed by atoms with E-state index in [1.807, 2.05) is 25.3 Å². The van der Waals surface area contributed by atoms with E-state index in [1.165, 1.54) is 12.8 Å². The van der Waals surface area contributed by atoms with Gasteiger partial charge in [-0.1, -0.05) is 32.3 Å². The fourth-order valence-corrected chi connectivity index (χ4v) is 5.48. The average molecular weight is 494 g/mol. The summed E-state index contributed by atoms with van der Waals surface area (Å²) in [6.45, 7) is 6.18. The number of rotatable bonds is 6. The van der Waals surface area contributed by atoms with E-state index < -0.39 is 5.92 Å². The molecule has 8 heteroatoms. The number of alkyl halides is 2. The van der Waals surface area contributed by atoms with Gasteiger partial charge in [0.1, 0.15) is 0 Å². The summed E-state index contributed by atoms with van der Waals surface area (Å²) in [6, 6.07) is 3.84. The first-order valence-corrected chi connectivity index (χ1v) is 13.0. The zero-order valence-corrected chi connectivity index (χ0v) is 20.8. The molecule has 2 saturated carbocycles. The molecule has 0 radical (unpaired) electrons. The summed E-state index contributed by atoms with van der Waals surface area (Å²) in [4.78, 5) is 22.3. The third-order valence-corrected chi connectivity index (χ3v) is 7.72. The molecule has 0 amide bonds. The number of nitrogens with one attached hydrogen (secondary N) is 1. The van der Waals surface area contributed by atoms with Crippen molar-refractivity contribution in [1.29, 1.82) is 0 Å². The van der Waals surface area contributed by atoms with E-state index in [1.54, 1.807) is 16.9 Å². The molecule has 1 N–H and O–H groups in total. The molecule has 0 saturated heterocycles. The highest BCUT2D eigenvalue weighted by molar-refractivity contribution is 6.04. The van der Waals surface area contributed by atoms with Crippen molar-refractivity contribution in [1.82, 2.24) is 19.6 Å². The third kappa shape index (κ3) is 5.18. The number of hydrogen-bond acceptors (Lipinski definition) is 5. The second-order valence-electron chi connectivity index (χ2n) is 10.3. The minimum absolute atomic E-state index is 0.0493. The number of carbonyl (C=O) groups is 1. The van der Waals surface area contributed by atoms with Crippen molar-refractivity contribution in [3.63, 3.8) is 0 Å². The van der Waals surface area contributed by atoms with Crippen molar-refractivity contribution >= 4 is 22.8 Å². The van der Waals surface area contributed by atoms with E-state index in [4.69, 9.17) is 0 Å². The molecule has 0 spiro atoms. The lowest BCUT2D eigenvalue weighted by Gasteiger charge is -2.28. The molecular weight excluding hydrogens is 460 g/mol. The maximum Gasteiger partial charge on any atom is 0.248 e. The summed E-state index contributed by atoms with van der Waals surface area (Å²) >= 11 is 0. The molecule has 190 valence electrons. The molecule has 0 aromatic carbocycles. The summed E-state index contributed by atoms with van der Waals surface area (Å²) in [7, 11) is 0. The summed E-state index contributed by atoms with van der Waals surface area (Å²) in [5, 5.41) is 7.62. The van der Waals surface area contributed by atoms with Crippen LogP contribution in [-0.2, 0) is 0 Å². The largest absolute Gasteiger partial charge is 0.351 e. The first-order chi connectivity index (χ1) is 17.3. The van der Waals surface area contributed by atoms with Gasteiger partial charge < -0.3 is 5.32 Å². The van der Waals surface area contributed by atoms with E-state index in [-0.39, 0.29) is 30.6 Å². The van der Waals surface area contributed by atoms with Crippen molar-refractivity contribution < 1.29 is 13.6 Å². The highest BCUT2D eigenvalue weighted by Crippen LogP contribution is 2.34. The Hall–Kier alpha value is -3.16. The van der Waals surface area contributed by atoms with Gasteiger partial charge in [-0.15, -0.1) is 0 Å². The van der Waals surface area contributed by atoms with Crippen LogP contribution < -0.4 is 5.32 Å². The Bertz CT molecular complexity index is 1270. The molecule has 2 fully saturated rings. The Morgan fingerprint density at radius 1 is 1.08 bits per heavy atom. The SMILES string of the molecule is C=C(c1ccn2ncc(C(=O)C3CCCCCC3)c2c1)c1cnc(NC2CCC(F)(F)CC2)nc1C. The van der Waals surface area contributed by atoms with Crippen LogP contribution in [0, 0.1) is 12.8 Å². The lowest BCUT2D eigenvalue weighted by molar-refractivity contribution is -0.0361. The van der Waals surface area contributed by atoms with Gasteiger partial charge in [0.25, 0.3) is 0 Å². The van der Waals surface area contributed by atoms with Gasteiger partial charge in [-0.25, -0.2) is 23.3 Å². The minimum Gasteiger partial charge on any atom is -0.351 e. The number of carbonyl (C=O) groups excluding carboxylic acids is 1. The summed E-state index contributed by atoms with van der Waals surface area (Å²) in [6.07, 6.45) is 12.4. The fourth-order valence-electron chi connectivity index (χ4n) is 5.48. The second kappa shape index (κ2) is 10.1.